The number of aryl methyl sites for hydroxylation is 1. The minimum atomic E-state index is -0.0781. The lowest BCUT2D eigenvalue weighted by atomic mass is 10.6. The van der Waals surface area contributed by atoms with E-state index in [1.165, 1.54) is 2.90 Å². The van der Waals surface area contributed by atoms with E-state index in [4.69, 9.17) is 0 Å². The summed E-state index contributed by atoms with van der Waals surface area (Å²) in [4.78, 5) is 10.6. The van der Waals surface area contributed by atoms with Crippen LogP contribution < -0.4 is 5.56 Å². The first-order chi connectivity index (χ1) is 3.72. The Balaban J connectivity index is 3.42. The molecule has 0 aromatic carbocycles. The van der Waals surface area contributed by atoms with E-state index in [1.807, 2.05) is 22.9 Å². The van der Waals surface area contributed by atoms with Gasteiger partial charge in [0, 0.05) is 0 Å². The molecule has 0 amide bonds. The van der Waals surface area contributed by atoms with E-state index >= 15 is 0 Å². The molecule has 1 aromatic rings. The topological polar surface area (TPSA) is 50.7 Å². The van der Waals surface area contributed by atoms with Crippen molar-refractivity contribution in [3.63, 3.8) is 0 Å². The van der Waals surface area contributed by atoms with Crippen LogP contribution in [0.3, 0.4) is 0 Å². The van der Waals surface area contributed by atoms with Crippen molar-refractivity contribution < 1.29 is 0 Å². The highest BCUT2D eigenvalue weighted by molar-refractivity contribution is 14.1. The van der Waals surface area contributed by atoms with Crippen LogP contribution in [0.5, 0.6) is 0 Å². The van der Waals surface area contributed by atoms with Gasteiger partial charge in [-0.1, -0.05) is 0 Å². The molecule has 1 aromatic heterocycles. The highest BCUT2D eigenvalue weighted by atomic mass is 127. The molecule has 0 spiro atoms. The largest absolute Gasteiger partial charge is 0.298 e. The number of hydrogen-bond acceptors (Lipinski definition) is 2. The van der Waals surface area contributed by atoms with Crippen molar-refractivity contribution in [2.45, 2.75) is 6.92 Å². The van der Waals surface area contributed by atoms with E-state index in [0.717, 1.165) is 0 Å². The summed E-state index contributed by atoms with van der Waals surface area (Å²) < 4.78 is 1.30. The summed E-state index contributed by atoms with van der Waals surface area (Å²) in [6, 6.07) is 0. The fourth-order valence-corrected chi connectivity index (χ4v) is 0.811. The fraction of sp³-hybridized carbons (Fsp3) is 0.333. The smallest absolute Gasteiger partial charge is 0.265 e. The Kier molecular flexibility index (Phi) is 1.37. The lowest BCUT2D eigenvalue weighted by molar-refractivity contribution is 0.901. The normalized spacial score (nSPS) is 9.75. The molecule has 0 aliphatic heterocycles. The van der Waals surface area contributed by atoms with Crippen LogP contribution in [0.15, 0.2) is 4.79 Å². The molecule has 0 fully saturated rings. The van der Waals surface area contributed by atoms with Gasteiger partial charge in [0.05, 0.1) is 22.9 Å². The minimum Gasteiger partial charge on any atom is -0.265 e. The van der Waals surface area contributed by atoms with Gasteiger partial charge in [-0.05, 0) is 6.92 Å². The van der Waals surface area contributed by atoms with E-state index in [-0.39, 0.29) is 5.56 Å². The highest BCUT2D eigenvalue weighted by Crippen LogP contribution is 1.82. The molecule has 0 radical (unpaired) electrons. The summed E-state index contributed by atoms with van der Waals surface area (Å²) in [5.74, 6) is 0. The molecule has 4 nitrogen and oxygen atoms in total. The number of H-pyrrole nitrogens is 1. The van der Waals surface area contributed by atoms with Crippen molar-refractivity contribution in [3.05, 3.63) is 16.0 Å². The van der Waals surface area contributed by atoms with E-state index in [9.17, 15) is 4.79 Å². The fourth-order valence-electron chi connectivity index (χ4n) is 0.354. The van der Waals surface area contributed by atoms with Crippen LogP contribution in [0.2, 0.25) is 0 Å². The Morgan fingerprint density at radius 3 is 2.62 bits per heavy atom. The zero-order chi connectivity index (χ0) is 6.15. The van der Waals surface area contributed by atoms with Crippen LogP contribution in [0.1, 0.15) is 5.69 Å². The standard InChI is InChI=1S/C3H4IN3O/c1-2-3(8)7(4)6-5-2/h6H,1H3. The molecule has 5 heteroatoms. The molecule has 1 heterocycles. The van der Waals surface area contributed by atoms with Gasteiger partial charge in [0.25, 0.3) is 5.56 Å². The Hall–Kier alpha value is -0.330. The van der Waals surface area contributed by atoms with Crippen molar-refractivity contribution >= 4 is 22.9 Å². The second-order valence-corrected chi connectivity index (χ2v) is 2.35. The van der Waals surface area contributed by atoms with E-state index < -0.39 is 0 Å². The van der Waals surface area contributed by atoms with Crippen LogP contribution in [-0.2, 0) is 0 Å². The summed E-state index contributed by atoms with van der Waals surface area (Å²) in [5, 5.41) is 6.11. The number of aromatic nitrogens is 3. The van der Waals surface area contributed by atoms with Gasteiger partial charge in [-0.25, -0.2) is 5.21 Å². The molecule has 0 aliphatic carbocycles. The molecule has 0 unspecified atom stereocenters. The van der Waals surface area contributed by atoms with Crippen molar-refractivity contribution in [2.24, 2.45) is 0 Å². The van der Waals surface area contributed by atoms with E-state index in [1.54, 1.807) is 6.92 Å². The van der Waals surface area contributed by atoms with Crippen LogP contribution in [-0.4, -0.2) is 13.2 Å². The molecular weight excluding hydrogens is 221 g/mol. The average molecular weight is 225 g/mol. The lowest BCUT2D eigenvalue weighted by Gasteiger charge is -1.74. The van der Waals surface area contributed by atoms with Crippen molar-refractivity contribution in [2.75, 3.05) is 0 Å². The third kappa shape index (κ3) is 0.770. The van der Waals surface area contributed by atoms with Crippen LogP contribution >= 0.6 is 22.9 Å². The van der Waals surface area contributed by atoms with E-state index in [0.29, 0.717) is 5.69 Å². The van der Waals surface area contributed by atoms with Gasteiger partial charge in [0.2, 0.25) is 0 Å². The predicted molar refractivity (Wildman–Crippen MR) is 37.0 cm³/mol. The summed E-state index contributed by atoms with van der Waals surface area (Å²) in [6.45, 7) is 1.66. The Bertz CT molecular complexity index is 214. The quantitative estimate of drug-likeness (QED) is 0.635. The first kappa shape index (κ1) is 5.80. The number of halogens is 1. The van der Waals surface area contributed by atoms with Crippen LogP contribution in [0.4, 0.5) is 0 Å². The van der Waals surface area contributed by atoms with Gasteiger partial charge in [0.1, 0.15) is 5.69 Å². The molecule has 8 heavy (non-hydrogen) atoms. The molecule has 0 saturated heterocycles. The second kappa shape index (κ2) is 1.88. The summed E-state index contributed by atoms with van der Waals surface area (Å²) >= 11 is 1.83. The van der Waals surface area contributed by atoms with Crippen molar-refractivity contribution in [1.82, 2.24) is 13.2 Å². The second-order valence-electron chi connectivity index (χ2n) is 1.38. The van der Waals surface area contributed by atoms with E-state index in [2.05, 4.69) is 10.3 Å². The number of aromatic amines is 1. The van der Waals surface area contributed by atoms with Crippen molar-refractivity contribution in [1.29, 1.82) is 0 Å². The Morgan fingerprint density at radius 1 is 1.88 bits per heavy atom. The van der Waals surface area contributed by atoms with Crippen LogP contribution in [0.25, 0.3) is 0 Å². The molecular formula is C3H4IN3O. The molecule has 44 valence electrons. The molecule has 0 bridgehead atoms. The predicted octanol–water partition coefficient (Wildman–Crippen LogP) is 0.0779. The Labute approximate surface area is 59.4 Å². The maximum atomic E-state index is 10.6. The zero-order valence-corrected chi connectivity index (χ0v) is 6.34. The zero-order valence-electron chi connectivity index (χ0n) is 4.18. The van der Waals surface area contributed by atoms with Gasteiger partial charge in [-0.15, -0.1) is 0 Å². The minimum absolute atomic E-state index is 0.0781. The lowest BCUT2D eigenvalue weighted by Crippen LogP contribution is -2.07. The Morgan fingerprint density at radius 2 is 2.50 bits per heavy atom. The number of rotatable bonds is 0. The summed E-state index contributed by atoms with van der Waals surface area (Å²) in [7, 11) is 0. The molecule has 1 N–H and O–H groups in total. The number of hydrogen-bond donors (Lipinski definition) is 1. The first-order valence-electron chi connectivity index (χ1n) is 2.02. The van der Waals surface area contributed by atoms with Gasteiger partial charge in [-0.2, -0.15) is 7.99 Å². The van der Waals surface area contributed by atoms with Crippen molar-refractivity contribution in [3.8, 4) is 0 Å². The van der Waals surface area contributed by atoms with Gasteiger partial charge < -0.3 is 0 Å². The first-order valence-corrected chi connectivity index (χ1v) is 2.98. The third-order valence-electron chi connectivity index (χ3n) is 0.793. The maximum Gasteiger partial charge on any atom is 0.298 e. The number of nitrogens with one attached hydrogen (secondary N) is 1. The molecule has 0 aliphatic rings. The monoisotopic (exact) mass is 225 g/mol. The summed E-state index contributed by atoms with van der Waals surface area (Å²) in [5.41, 5.74) is 0.421. The van der Waals surface area contributed by atoms with Gasteiger partial charge >= 0.3 is 0 Å². The average Bonchev–Trinajstić information content (AvgIpc) is 1.98. The maximum absolute atomic E-state index is 10.6. The molecule has 0 atom stereocenters. The third-order valence-corrected chi connectivity index (χ3v) is 1.45. The number of nitrogens with zero attached hydrogens (tertiary/aromatic N) is 2. The SMILES string of the molecule is Cc1n[nH]n(I)c1=O. The van der Waals surface area contributed by atoms with Gasteiger partial charge in [-0.3, -0.25) is 4.79 Å². The van der Waals surface area contributed by atoms with Gasteiger partial charge in [0.15, 0.2) is 0 Å². The van der Waals surface area contributed by atoms with Crippen LogP contribution in [0, 0.1) is 6.92 Å². The molecule has 1 rings (SSSR count). The molecule has 0 saturated carbocycles. The highest BCUT2D eigenvalue weighted by Gasteiger charge is 1.96. The summed E-state index contributed by atoms with van der Waals surface area (Å²) in [6.07, 6.45) is 0.